The smallest absolute Gasteiger partial charge is 0.317 e. The van der Waals surface area contributed by atoms with E-state index in [-0.39, 0.29) is 12.1 Å². The summed E-state index contributed by atoms with van der Waals surface area (Å²) in [6.07, 6.45) is 3.62. The van der Waals surface area contributed by atoms with Crippen molar-refractivity contribution in [2.45, 2.75) is 26.1 Å². The fraction of sp³-hybridized carbons (Fsp3) is 0.385. The molecule has 0 radical (unpaired) electrons. The van der Waals surface area contributed by atoms with E-state index < -0.39 is 0 Å². The van der Waals surface area contributed by atoms with Gasteiger partial charge in [-0.15, -0.1) is 0 Å². The minimum absolute atomic E-state index is 0.0392. The maximum atomic E-state index is 12.0. The molecule has 0 unspecified atom stereocenters. The molecule has 2 aromatic heterocycles. The number of aromatic nitrogens is 2. The van der Waals surface area contributed by atoms with Crippen LogP contribution in [0.4, 0.5) is 4.79 Å². The molecule has 2 amide bonds. The van der Waals surface area contributed by atoms with Crippen molar-refractivity contribution in [1.82, 2.24) is 20.0 Å². The first-order valence-corrected chi connectivity index (χ1v) is 7.09. The third-order valence-electron chi connectivity index (χ3n) is 2.74. The molecule has 2 heterocycles. The van der Waals surface area contributed by atoms with Crippen LogP contribution in [0.5, 0.6) is 0 Å². The summed E-state index contributed by atoms with van der Waals surface area (Å²) in [5, 5.41) is 11.2. The zero-order valence-corrected chi connectivity index (χ0v) is 11.9. The number of hydrogen-bond donors (Lipinski definition) is 1. The third kappa shape index (κ3) is 4.10. The van der Waals surface area contributed by atoms with Crippen LogP contribution >= 0.6 is 11.3 Å². The molecule has 19 heavy (non-hydrogen) atoms. The SMILES string of the molecule is C[C@H](Cn1cccn1)NC(=O)N(C)Cc1ccsc1. The van der Waals surface area contributed by atoms with Gasteiger partial charge < -0.3 is 10.2 Å². The fourth-order valence-corrected chi connectivity index (χ4v) is 2.44. The average Bonchev–Trinajstić information content (AvgIpc) is 3.01. The number of hydrogen-bond acceptors (Lipinski definition) is 3. The summed E-state index contributed by atoms with van der Waals surface area (Å²) >= 11 is 1.64. The molecular weight excluding hydrogens is 260 g/mol. The van der Waals surface area contributed by atoms with Crippen LogP contribution in [0.25, 0.3) is 0 Å². The molecule has 102 valence electrons. The molecule has 0 spiro atoms. The third-order valence-corrected chi connectivity index (χ3v) is 3.47. The molecule has 5 nitrogen and oxygen atoms in total. The van der Waals surface area contributed by atoms with Crippen LogP contribution in [0.1, 0.15) is 12.5 Å². The van der Waals surface area contributed by atoms with Crippen LogP contribution in [0.15, 0.2) is 35.3 Å². The second-order valence-electron chi connectivity index (χ2n) is 4.57. The fourth-order valence-electron chi connectivity index (χ4n) is 1.78. The summed E-state index contributed by atoms with van der Waals surface area (Å²) in [7, 11) is 1.80. The molecular formula is C13H18N4OS. The van der Waals surface area contributed by atoms with Crippen molar-refractivity contribution in [3.63, 3.8) is 0 Å². The maximum Gasteiger partial charge on any atom is 0.317 e. The summed E-state index contributed by atoms with van der Waals surface area (Å²) in [4.78, 5) is 13.7. The molecule has 2 aromatic rings. The van der Waals surface area contributed by atoms with Crippen LogP contribution in [0, 0.1) is 0 Å². The van der Waals surface area contributed by atoms with Gasteiger partial charge in [-0.05, 0) is 35.4 Å². The highest BCUT2D eigenvalue weighted by atomic mass is 32.1. The monoisotopic (exact) mass is 278 g/mol. The van der Waals surface area contributed by atoms with E-state index in [1.165, 1.54) is 0 Å². The summed E-state index contributed by atoms with van der Waals surface area (Å²) in [5.41, 5.74) is 1.15. The Morgan fingerprint density at radius 3 is 3.11 bits per heavy atom. The first-order chi connectivity index (χ1) is 9.15. The molecule has 0 aliphatic rings. The lowest BCUT2D eigenvalue weighted by Crippen LogP contribution is -2.43. The van der Waals surface area contributed by atoms with Gasteiger partial charge >= 0.3 is 6.03 Å². The van der Waals surface area contributed by atoms with Crippen LogP contribution < -0.4 is 5.32 Å². The van der Waals surface area contributed by atoms with E-state index in [1.807, 2.05) is 35.3 Å². The van der Waals surface area contributed by atoms with Gasteiger partial charge in [0.2, 0.25) is 0 Å². The largest absolute Gasteiger partial charge is 0.334 e. The van der Waals surface area contributed by atoms with E-state index in [0.717, 1.165) is 5.56 Å². The topological polar surface area (TPSA) is 50.2 Å². The van der Waals surface area contributed by atoms with Gasteiger partial charge in [-0.2, -0.15) is 16.4 Å². The number of carbonyl (C=O) groups excluding carboxylic acids is 1. The Bertz CT molecular complexity index is 495. The second-order valence-corrected chi connectivity index (χ2v) is 5.35. The summed E-state index contributed by atoms with van der Waals surface area (Å²) in [6, 6.07) is 3.88. The van der Waals surface area contributed by atoms with Crippen molar-refractivity contribution < 1.29 is 4.79 Å². The Labute approximate surface area is 116 Å². The zero-order chi connectivity index (χ0) is 13.7. The Morgan fingerprint density at radius 1 is 1.63 bits per heavy atom. The van der Waals surface area contributed by atoms with E-state index >= 15 is 0 Å². The molecule has 1 N–H and O–H groups in total. The average molecular weight is 278 g/mol. The van der Waals surface area contributed by atoms with Gasteiger partial charge in [0.1, 0.15) is 0 Å². The summed E-state index contributed by atoms with van der Waals surface area (Å²) < 4.78 is 1.81. The number of urea groups is 1. The van der Waals surface area contributed by atoms with Gasteiger partial charge in [-0.25, -0.2) is 4.79 Å². The van der Waals surface area contributed by atoms with E-state index in [4.69, 9.17) is 0 Å². The highest BCUT2D eigenvalue weighted by Gasteiger charge is 2.12. The Morgan fingerprint density at radius 2 is 2.47 bits per heavy atom. The van der Waals surface area contributed by atoms with Crippen molar-refractivity contribution in [1.29, 1.82) is 0 Å². The standard InChI is InChI=1S/C13H18N4OS/c1-11(8-17-6-3-5-14-17)15-13(18)16(2)9-12-4-7-19-10-12/h3-7,10-11H,8-9H2,1-2H3,(H,15,18)/t11-/m1/s1. The number of nitrogens with zero attached hydrogens (tertiary/aromatic N) is 3. The quantitative estimate of drug-likeness (QED) is 0.911. The number of rotatable bonds is 5. The van der Waals surface area contributed by atoms with Gasteiger partial charge in [0.25, 0.3) is 0 Å². The molecule has 0 saturated carbocycles. The number of thiophene rings is 1. The second kappa shape index (κ2) is 6.38. The lowest BCUT2D eigenvalue weighted by Gasteiger charge is -2.21. The predicted molar refractivity (Wildman–Crippen MR) is 76.0 cm³/mol. The van der Waals surface area contributed by atoms with E-state index in [9.17, 15) is 4.79 Å². The number of carbonyl (C=O) groups is 1. The molecule has 0 bridgehead atoms. The molecule has 2 rings (SSSR count). The lowest BCUT2D eigenvalue weighted by atomic mass is 10.3. The molecule has 1 atom stereocenters. The van der Waals surface area contributed by atoms with Crippen LogP contribution in [-0.2, 0) is 13.1 Å². The van der Waals surface area contributed by atoms with Crippen molar-refractivity contribution in [2.75, 3.05) is 7.05 Å². The van der Waals surface area contributed by atoms with Gasteiger partial charge in [0, 0.05) is 32.0 Å². The van der Waals surface area contributed by atoms with E-state index in [2.05, 4.69) is 15.8 Å². The van der Waals surface area contributed by atoms with E-state index in [1.54, 1.807) is 29.5 Å². The number of nitrogens with one attached hydrogen (secondary N) is 1. The molecule has 6 heteroatoms. The van der Waals surface area contributed by atoms with Gasteiger partial charge in [-0.1, -0.05) is 0 Å². The van der Waals surface area contributed by atoms with Crippen LogP contribution in [0.2, 0.25) is 0 Å². The molecule has 0 aliphatic heterocycles. The van der Waals surface area contributed by atoms with Crippen molar-refractivity contribution in [3.05, 3.63) is 40.8 Å². The Hall–Kier alpha value is -1.82. The molecule has 0 aliphatic carbocycles. The van der Waals surface area contributed by atoms with Crippen molar-refractivity contribution in [3.8, 4) is 0 Å². The highest BCUT2D eigenvalue weighted by molar-refractivity contribution is 7.07. The summed E-state index contributed by atoms with van der Waals surface area (Å²) in [5.74, 6) is 0. The molecule has 0 aromatic carbocycles. The maximum absolute atomic E-state index is 12.0. The minimum atomic E-state index is -0.0640. The van der Waals surface area contributed by atoms with Crippen LogP contribution in [0.3, 0.4) is 0 Å². The first kappa shape index (κ1) is 13.6. The zero-order valence-electron chi connectivity index (χ0n) is 11.1. The number of amides is 2. The highest BCUT2D eigenvalue weighted by Crippen LogP contribution is 2.08. The predicted octanol–water partition coefficient (Wildman–Crippen LogP) is 2.17. The van der Waals surface area contributed by atoms with Crippen LogP contribution in [-0.4, -0.2) is 33.8 Å². The van der Waals surface area contributed by atoms with E-state index in [0.29, 0.717) is 13.1 Å². The van der Waals surface area contributed by atoms with Gasteiger partial charge in [0.15, 0.2) is 0 Å². The Kier molecular flexibility index (Phi) is 4.57. The first-order valence-electron chi connectivity index (χ1n) is 6.15. The Balaban J connectivity index is 1.79. The normalized spacial score (nSPS) is 12.1. The van der Waals surface area contributed by atoms with Crippen molar-refractivity contribution in [2.24, 2.45) is 0 Å². The van der Waals surface area contributed by atoms with Gasteiger partial charge in [-0.3, -0.25) is 4.68 Å². The lowest BCUT2D eigenvalue weighted by molar-refractivity contribution is 0.202. The molecule has 0 fully saturated rings. The van der Waals surface area contributed by atoms with Crippen molar-refractivity contribution >= 4 is 17.4 Å². The molecule has 0 saturated heterocycles. The summed E-state index contributed by atoms with van der Waals surface area (Å²) in [6.45, 7) is 3.27. The minimum Gasteiger partial charge on any atom is -0.334 e. The van der Waals surface area contributed by atoms with Gasteiger partial charge in [0.05, 0.1) is 6.54 Å².